The molecule has 36 heavy (non-hydrogen) atoms. The number of ether oxygens (including phenoxy) is 3. The number of allylic oxidation sites excluding steroid dienone is 1. The van der Waals surface area contributed by atoms with Crippen LogP contribution < -0.4 is 19.9 Å². The van der Waals surface area contributed by atoms with Crippen molar-refractivity contribution in [1.29, 1.82) is 5.26 Å². The van der Waals surface area contributed by atoms with E-state index in [0.29, 0.717) is 21.9 Å². The minimum absolute atomic E-state index is 0.0414. The molecule has 1 aliphatic heterocycles. The molecule has 1 unspecified atom stereocenters. The zero-order valence-electron chi connectivity index (χ0n) is 17.8. The number of esters is 1. The van der Waals surface area contributed by atoms with Gasteiger partial charge in [-0.2, -0.15) is 5.26 Å². The summed E-state index contributed by atoms with van der Waals surface area (Å²) in [6.07, 6.45) is 0. The van der Waals surface area contributed by atoms with Gasteiger partial charge in [0.2, 0.25) is 5.88 Å². The molecule has 0 bridgehead atoms. The van der Waals surface area contributed by atoms with Crippen LogP contribution in [0.3, 0.4) is 0 Å². The van der Waals surface area contributed by atoms with Gasteiger partial charge in [0, 0.05) is 16.7 Å². The second-order valence-electron chi connectivity index (χ2n) is 7.31. The summed E-state index contributed by atoms with van der Waals surface area (Å²) in [5.74, 6) is -1.12. The summed E-state index contributed by atoms with van der Waals surface area (Å²) >= 11 is 36.6. The highest BCUT2D eigenvalue weighted by atomic mass is 35.5. The van der Waals surface area contributed by atoms with Crippen LogP contribution in [0.1, 0.15) is 17.0 Å². The monoisotopic (exact) mass is 602 g/mol. The maximum atomic E-state index is 12.4. The molecule has 184 valence electrons. The predicted molar refractivity (Wildman–Crippen MR) is 140 cm³/mol. The van der Waals surface area contributed by atoms with Crippen LogP contribution in [-0.2, 0) is 4.79 Å². The topological polar surface area (TPSA) is 94.6 Å². The molecule has 1 aliphatic rings. The van der Waals surface area contributed by atoms with Crippen LogP contribution in [0.25, 0.3) is 0 Å². The maximum Gasteiger partial charge on any atom is 0.349 e. The zero-order valence-corrected chi connectivity index (χ0v) is 22.3. The molecule has 0 fully saturated rings. The first-order valence-corrected chi connectivity index (χ1v) is 12.2. The smallest absolute Gasteiger partial charge is 0.349 e. The molecule has 0 amide bonds. The Balaban J connectivity index is 1.56. The van der Waals surface area contributed by atoms with Crippen molar-refractivity contribution in [2.45, 2.75) is 5.92 Å². The van der Waals surface area contributed by atoms with Crippen molar-refractivity contribution in [3.63, 3.8) is 0 Å². The molecule has 0 saturated heterocycles. The number of carbonyl (C=O) groups is 1. The Morgan fingerprint density at radius 3 is 2.22 bits per heavy atom. The van der Waals surface area contributed by atoms with Crippen molar-refractivity contribution in [2.24, 2.45) is 5.73 Å². The third-order valence-electron chi connectivity index (χ3n) is 5.14. The summed E-state index contributed by atoms with van der Waals surface area (Å²) in [5, 5.41) is 9.76. The van der Waals surface area contributed by atoms with E-state index in [0.717, 1.165) is 0 Å². The number of benzene rings is 3. The molecule has 0 aliphatic carbocycles. The van der Waals surface area contributed by atoms with E-state index < -0.39 is 18.5 Å². The molecule has 12 heteroatoms. The summed E-state index contributed by atoms with van der Waals surface area (Å²) in [7, 11) is 0. The summed E-state index contributed by atoms with van der Waals surface area (Å²) in [5.41, 5.74) is 7.52. The lowest BCUT2D eigenvalue weighted by Crippen LogP contribution is -2.22. The molecule has 3 aromatic carbocycles. The lowest BCUT2D eigenvalue weighted by Gasteiger charge is -2.27. The largest absolute Gasteiger partial charge is 0.479 e. The van der Waals surface area contributed by atoms with E-state index in [2.05, 4.69) is 6.07 Å². The maximum absolute atomic E-state index is 12.4. The fraction of sp³-hybridized carbons (Fsp3) is 0.0833. The van der Waals surface area contributed by atoms with Crippen LogP contribution in [0.15, 0.2) is 53.9 Å². The van der Waals surface area contributed by atoms with Gasteiger partial charge < -0.3 is 19.9 Å². The Hall–Kier alpha value is -2.50. The lowest BCUT2D eigenvalue weighted by molar-refractivity contribution is -0.136. The molecule has 1 atom stereocenters. The second-order valence-corrected chi connectivity index (χ2v) is 9.60. The van der Waals surface area contributed by atoms with Crippen LogP contribution in [0.4, 0.5) is 0 Å². The van der Waals surface area contributed by atoms with Crippen molar-refractivity contribution in [3.05, 3.63) is 95.2 Å². The molecule has 3 aromatic rings. The average molecular weight is 605 g/mol. The van der Waals surface area contributed by atoms with Gasteiger partial charge >= 0.3 is 5.97 Å². The molecule has 2 N–H and O–H groups in total. The number of carbonyl (C=O) groups excluding carboxylic acids is 1. The highest BCUT2D eigenvalue weighted by Gasteiger charge is 2.32. The molecule has 0 aromatic heterocycles. The van der Waals surface area contributed by atoms with Gasteiger partial charge in [-0.05, 0) is 17.7 Å². The third kappa shape index (κ3) is 5.01. The van der Waals surface area contributed by atoms with E-state index in [1.165, 1.54) is 12.1 Å². The first-order chi connectivity index (χ1) is 17.1. The zero-order chi connectivity index (χ0) is 26.1. The molecular weight excluding hydrogens is 593 g/mol. The van der Waals surface area contributed by atoms with Crippen molar-refractivity contribution >= 4 is 75.6 Å². The van der Waals surface area contributed by atoms with Gasteiger partial charge in [-0.1, -0.05) is 93.9 Å². The molecule has 4 rings (SSSR count). The van der Waals surface area contributed by atoms with E-state index in [-0.39, 0.29) is 48.1 Å². The average Bonchev–Trinajstić information content (AvgIpc) is 2.86. The Morgan fingerprint density at radius 1 is 0.944 bits per heavy atom. The summed E-state index contributed by atoms with van der Waals surface area (Å²) < 4.78 is 16.4. The Kier molecular flexibility index (Phi) is 8.01. The van der Waals surface area contributed by atoms with Gasteiger partial charge in [0.15, 0.2) is 12.4 Å². The van der Waals surface area contributed by atoms with Crippen molar-refractivity contribution in [3.8, 4) is 23.3 Å². The van der Waals surface area contributed by atoms with Gasteiger partial charge in [0.1, 0.15) is 33.2 Å². The molecule has 0 saturated carbocycles. The minimum atomic E-state index is -0.788. The van der Waals surface area contributed by atoms with Crippen molar-refractivity contribution in [1.82, 2.24) is 0 Å². The van der Waals surface area contributed by atoms with E-state index in [1.54, 1.807) is 30.3 Å². The van der Waals surface area contributed by atoms with Gasteiger partial charge in [-0.3, -0.25) is 0 Å². The van der Waals surface area contributed by atoms with E-state index in [9.17, 15) is 10.1 Å². The quantitative estimate of drug-likeness (QED) is 0.138. The van der Waals surface area contributed by atoms with Gasteiger partial charge in [-0.15, -0.1) is 0 Å². The third-order valence-corrected chi connectivity index (χ3v) is 7.73. The van der Waals surface area contributed by atoms with Crippen LogP contribution in [0.2, 0.25) is 30.1 Å². The predicted octanol–water partition coefficient (Wildman–Crippen LogP) is 7.81. The first-order valence-electron chi connectivity index (χ1n) is 9.94. The van der Waals surface area contributed by atoms with Crippen molar-refractivity contribution < 1.29 is 19.0 Å². The highest BCUT2D eigenvalue weighted by Crippen LogP contribution is 2.48. The fourth-order valence-corrected chi connectivity index (χ4v) is 5.01. The molecular formula is C24H12Cl6N2O4. The van der Waals surface area contributed by atoms with Gasteiger partial charge in [0.25, 0.3) is 0 Å². The first kappa shape index (κ1) is 26.6. The van der Waals surface area contributed by atoms with E-state index in [4.69, 9.17) is 89.5 Å². The summed E-state index contributed by atoms with van der Waals surface area (Å²) in [6, 6.07) is 13.8. The summed E-state index contributed by atoms with van der Waals surface area (Å²) in [4.78, 5) is 12.4. The molecule has 6 nitrogen and oxygen atoms in total. The number of hydrogen-bond acceptors (Lipinski definition) is 6. The highest BCUT2D eigenvalue weighted by molar-refractivity contribution is 6.55. The van der Waals surface area contributed by atoms with Crippen molar-refractivity contribution in [2.75, 3.05) is 6.61 Å². The Morgan fingerprint density at radius 2 is 1.58 bits per heavy atom. The van der Waals surface area contributed by atoms with E-state index >= 15 is 0 Å². The van der Waals surface area contributed by atoms with Crippen LogP contribution in [0, 0.1) is 11.3 Å². The number of halogens is 6. The molecule has 0 radical (unpaired) electrons. The fourth-order valence-electron chi connectivity index (χ4n) is 3.53. The number of hydrogen-bond donors (Lipinski definition) is 1. The number of nitriles is 1. The lowest BCUT2D eigenvalue weighted by atomic mass is 9.83. The number of nitrogens with two attached hydrogens (primary N) is 1. The van der Waals surface area contributed by atoms with Gasteiger partial charge in [0.05, 0.1) is 21.0 Å². The Bertz CT molecular complexity index is 1440. The second kappa shape index (κ2) is 10.9. The number of fused-ring (bicyclic) bond motifs is 1. The molecule has 0 spiro atoms. The van der Waals surface area contributed by atoms with Gasteiger partial charge in [-0.25, -0.2) is 4.79 Å². The van der Waals surface area contributed by atoms with Crippen LogP contribution in [-0.4, -0.2) is 12.6 Å². The standard InChI is InChI=1S/C24H12Cl6N2O4/c25-14-4-2-1-3-11(14)17-12-6-5-10(7-15(12)36-24(32)13(17)8-31)35-16(33)9-34-23-21(29)19(27)18(26)20(28)22(23)30/h1-7,17H,9,32H2. The minimum Gasteiger partial charge on any atom is -0.479 e. The Labute approximate surface area is 235 Å². The summed E-state index contributed by atoms with van der Waals surface area (Å²) in [6.45, 7) is -0.575. The molecule has 1 heterocycles. The van der Waals surface area contributed by atoms with Crippen LogP contribution in [0.5, 0.6) is 17.2 Å². The van der Waals surface area contributed by atoms with E-state index in [1.807, 2.05) is 0 Å². The normalized spacial score (nSPS) is 14.5. The SMILES string of the molecule is N#CC1=C(N)Oc2cc(OC(=O)COc3c(Cl)c(Cl)c(Cl)c(Cl)c3Cl)ccc2C1c1ccccc1Cl. The number of rotatable bonds is 5. The van der Waals surface area contributed by atoms with Crippen LogP contribution >= 0.6 is 69.6 Å². The number of nitrogens with zero attached hydrogens (tertiary/aromatic N) is 1.